The molecule has 2 saturated heterocycles. The average Bonchev–Trinajstić information content (AvgIpc) is 2.13. The van der Waals surface area contributed by atoms with Gasteiger partial charge in [-0.2, -0.15) is 0 Å². The number of nitrogens with zero attached hydrogens (tertiary/aromatic N) is 2. The van der Waals surface area contributed by atoms with Crippen LogP contribution >= 0.6 is 0 Å². The lowest BCUT2D eigenvalue weighted by Crippen LogP contribution is -2.64. The van der Waals surface area contributed by atoms with Crippen LogP contribution < -0.4 is 5.32 Å². The van der Waals surface area contributed by atoms with E-state index in [4.69, 9.17) is 0 Å². The number of piperazine rings is 1. The third-order valence-corrected chi connectivity index (χ3v) is 3.38. The third-order valence-electron chi connectivity index (χ3n) is 3.38. The fraction of sp³-hybridized carbons (Fsp3) is 1.00. The van der Waals surface area contributed by atoms with E-state index in [1.807, 2.05) is 0 Å². The molecular formula is C10H21N3. The highest BCUT2D eigenvalue weighted by atomic mass is 15.3. The molecule has 0 aromatic heterocycles. The van der Waals surface area contributed by atoms with Crippen LogP contribution in [-0.2, 0) is 0 Å². The van der Waals surface area contributed by atoms with Gasteiger partial charge in [0.25, 0.3) is 0 Å². The van der Waals surface area contributed by atoms with E-state index in [2.05, 4.69) is 29.1 Å². The van der Waals surface area contributed by atoms with E-state index in [0.29, 0.717) is 0 Å². The van der Waals surface area contributed by atoms with Crippen molar-refractivity contribution < 1.29 is 0 Å². The second-order valence-corrected chi connectivity index (χ2v) is 4.38. The van der Waals surface area contributed by atoms with Crippen LogP contribution in [0.2, 0.25) is 0 Å². The maximum atomic E-state index is 3.47. The number of nitrogens with one attached hydrogen (secondary N) is 1. The molecule has 0 saturated carbocycles. The first-order valence-corrected chi connectivity index (χ1v) is 5.46. The lowest BCUT2D eigenvalue weighted by atomic mass is 10.0. The summed E-state index contributed by atoms with van der Waals surface area (Å²) in [6.45, 7) is 8.46. The van der Waals surface area contributed by atoms with E-state index < -0.39 is 0 Å². The minimum atomic E-state index is 0.785. The molecule has 0 aliphatic carbocycles. The first-order chi connectivity index (χ1) is 6.31. The molecule has 0 aromatic rings. The monoisotopic (exact) mass is 183 g/mol. The minimum absolute atomic E-state index is 0.785. The van der Waals surface area contributed by atoms with Gasteiger partial charge in [0, 0.05) is 44.8 Å². The highest BCUT2D eigenvalue weighted by Crippen LogP contribution is 2.18. The lowest BCUT2D eigenvalue weighted by molar-refractivity contribution is 0.0103. The molecule has 2 aliphatic heterocycles. The predicted molar refractivity (Wildman–Crippen MR) is 54.9 cm³/mol. The number of hydrogen-bond donors (Lipinski definition) is 1. The van der Waals surface area contributed by atoms with Crippen molar-refractivity contribution in [3.63, 3.8) is 0 Å². The Morgan fingerprint density at radius 1 is 1.38 bits per heavy atom. The third kappa shape index (κ3) is 1.87. The van der Waals surface area contributed by atoms with Crippen molar-refractivity contribution in [2.45, 2.75) is 25.4 Å². The second-order valence-electron chi connectivity index (χ2n) is 4.38. The molecule has 3 heteroatoms. The summed E-state index contributed by atoms with van der Waals surface area (Å²) in [6.07, 6.45) is 1.28. The van der Waals surface area contributed by atoms with Crippen molar-refractivity contribution in [1.29, 1.82) is 0 Å². The Labute approximate surface area is 81.1 Å². The number of rotatable bonds is 2. The van der Waals surface area contributed by atoms with Gasteiger partial charge in [-0.1, -0.05) is 6.92 Å². The summed E-state index contributed by atoms with van der Waals surface area (Å²) in [6, 6.07) is 1.63. The molecule has 2 fully saturated rings. The summed E-state index contributed by atoms with van der Waals surface area (Å²) in [5.41, 5.74) is 0. The van der Waals surface area contributed by atoms with E-state index in [1.54, 1.807) is 0 Å². The van der Waals surface area contributed by atoms with E-state index in [9.17, 15) is 0 Å². The van der Waals surface area contributed by atoms with E-state index in [0.717, 1.165) is 12.1 Å². The van der Waals surface area contributed by atoms with Crippen LogP contribution in [-0.4, -0.2) is 61.7 Å². The molecule has 13 heavy (non-hydrogen) atoms. The average molecular weight is 183 g/mol. The molecule has 1 N–H and O–H groups in total. The second kappa shape index (κ2) is 3.95. The highest BCUT2D eigenvalue weighted by Gasteiger charge is 2.33. The zero-order chi connectivity index (χ0) is 9.26. The normalized spacial score (nSPS) is 33.2. The van der Waals surface area contributed by atoms with Crippen molar-refractivity contribution in [3.8, 4) is 0 Å². The van der Waals surface area contributed by atoms with Crippen LogP contribution in [0.15, 0.2) is 0 Å². The van der Waals surface area contributed by atoms with Crippen LogP contribution in [0.4, 0.5) is 0 Å². The van der Waals surface area contributed by atoms with Crippen LogP contribution in [0.1, 0.15) is 13.3 Å². The molecule has 2 aliphatic rings. The number of likely N-dealkylation sites (N-methyl/N-ethyl adjacent to an activating group) is 1. The Kier molecular flexibility index (Phi) is 2.86. The standard InChI is InChI=1S/C10H21N3/c1-3-9-6-11-4-5-13(9)10-7-12(2)8-10/h9-11H,3-8H2,1-2H3. The summed E-state index contributed by atoms with van der Waals surface area (Å²) in [7, 11) is 2.21. The molecular weight excluding hydrogens is 162 g/mol. The lowest BCUT2D eigenvalue weighted by Gasteiger charge is -2.48. The maximum Gasteiger partial charge on any atom is 0.0354 e. The maximum absolute atomic E-state index is 3.47. The van der Waals surface area contributed by atoms with Crippen molar-refractivity contribution in [3.05, 3.63) is 0 Å². The van der Waals surface area contributed by atoms with Crippen LogP contribution in [0, 0.1) is 0 Å². The van der Waals surface area contributed by atoms with Crippen molar-refractivity contribution in [2.75, 3.05) is 39.8 Å². The molecule has 3 nitrogen and oxygen atoms in total. The Bertz CT molecular complexity index is 166. The Balaban J connectivity index is 1.87. The molecule has 2 rings (SSSR count). The molecule has 0 amide bonds. The summed E-state index contributed by atoms with van der Waals surface area (Å²) in [4.78, 5) is 5.11. The van der Waals surface area contributed by atoms with Gasteiger partial charge in [0.2, 0.25) is 0 Å². The smallest absolute Gasteiger partial charge is 0.0354 e. The van der Waals surface area contributed by atoms with Gasteiger partial charge in [0.1, 0.15) is 0 Å². The molecule has 76 valence electrons. The Hall–Kier alpha value is -0.120. The van der Waals surface area contributed by atoms with E-state index in [-0.39, 0.29) is 0 Å². The Morgan fingerprint density at radius 3 is 2.77 bits per heavy atom. The summed E-state index contributed by atoms with van der Waals surface area (Å²) >= 11 is 0. The van der Waals surface area contributed by atoms with Gasteiger partial charge >= 0.3 is 0 Å². The van der Waals surface area contributed by atoms with Crippen molar-refractivity contribution in [2.24, 2.45) is 0 Å². The quantitative estimate of drug-likeness (QED) is 0.649. The summed E-state index contributed by atoms with van der Waals surface area (Å²) in [5, 5.41) is 3.47. The van der Waals surface area contributed by atoms with Crippen molar-refractivity contribution in [1.82, 2.24) is 15.1 Å². The van der Waals surface area contributed by atoms with Gasteiger partial charge in [-0.15, -0.1) is 0 Å². The highest BCUT2D eigenvalue weighted by molar-refractivity contribution is 4.92. The summed E-state index contributed by atoms with van der Waals surface area (Å²) < 4.78 is 0. The van der Waals surface area contributed by atoms with Crippen molar-refractivity contribution >= 4 is 0 Å². The van der Waals surface area contributed by atoms with Gasteiger partial charge in [-0.25, -0.2) is 0 Å². The molecule has 0 radical (unpaired) electrons. The van der Waals surface area contributed by atoms with E-state index in [1.165, 1.54) is 39.1 Å². The van der Waals surface area contributed by atoms with Gasteiger partial charge in [-0.05, 0) is 13.5 Å². The topological polar surface area (TPSA) is 18.5 Å². The fourth-order valence-electron chi connectivity index (χ4n) is 2.51. The van der Waals surface area contributed by atoms with Gasteiger partial charge in [0.15, 0.2) is 0 Å². The zero-order valence-corrected chi connectivity index (χ0v) is 8.79. The predicted octanol–water partition coefficient (Wildman–Crippen LogP) is -0.0158. The molecule has 2 heterocycles. The Morgan fingerprint density at radius 2 is 2.15 bits per heavy atom. The molecule has 1 atom stereocenters. The van der Waals surface area contributed by atoms with E-state index >= 15 is 0 Å². The van der Waals surface area contributed by atoms with Gasteiger partial charge in [-0.3, -0.25) is 4.90 Å². The number of likely N-dealkylation sites (tertiary alicyclic amines) is 1. The largest absolute Gasteiger partial charge is 0.314 e. The first kappa shape index (κ1) is 9.44. The minimum Gasteiger partial charge on any atom is -0.314 e. The number of hydrogen-bond acceptors (Lipinski definition) is 3. The van der Waals surface area contributed by atoms with Crippen LogP contribution in [0.5, 0.6) is 0 Å². The summed E-state index contributed by atoms with van der Waals surface area (Å²) in [5.74, 6) is 0. The molecule has 1 unspecified atom stereocenters. The molecule has 0 spiro atoms. The zero-order valence-electron chi connectivity index (χ0n) is 8.79. The molecule has 0 bridgehead atoms. The van der Waals surface area contributed by atoms with Crippen LogP contribution in [0.25, 0.3) is 0 Å². The first-order valence-electron chi connectivity index (χ1n) is 5.46. The fourth-order valence-corrected chi connectivity index (χ4v) is 2.51. The van der Waals surface area contributed by atoms with Gasteiger partial charge < -0.3 is 10.2 Å². The van der Waals surface area contributed by atoms with Crippen LogP contribution in [0.3, 0.4) is 0 Å². The SMILES string of the molecule is CCC1CNCCN1C1CN(C)C1. The van der Waals surface area contributed by atoms with Gasteiger partial charge in [0.05, 0.1) is 0 Å². The molecule has 0 aromatic carbocycles.